The van der Waals surface area contributed by atoms with E-state index in [4.69, 9.17) is 4.74 Å². The first kappa shape index (κ1) is 16.9. The van der Waals surface area contributed by atoms with Crippen LogP contribution in [0, 0.1) is 5.92 Å². The Morgan fingerprint density at radius 1 is 1.35 bits per heavy atom. The molecule has 1 aliphatic heterocycles. The number of nitrogens with one attached hydrogen (secondary N) is 1. The van der Waals surface area contributed by atoms with E-state index in [1.54, 1.807) is 0 Å². The Hall–Kier alpha value is -1.14. The molecule has 1 aliphatic rings. The summed E-state index contributed by atoms with van der Waals surface area (Å²) in [4.78, 5) is 25.3. The van der Waals surface area contributed by atoms with Crippen molar-refractivity contribution in [2.75, 3.05) is 32.8 Å². The first-order valence-corrected chi connectivity index (χ1v) is 7.39. The van der Waals surface area contributed by atoms with Crippen molar-refractivity contribution in [2.24, 2.45) is 5.92 Å². The number of carbonyl (C=O) groups excluding carboxylic acids is 2. The molecule has 0 aliphatic carbocycles. The first-order valence-electron chi connectivity index (χ1n) is 7.39. The molecule has 6 heteroatoms. The maximum absolute atomic E-state index is 12.0. The molecule has 1 heterocycles. The molecule has 0 aromatic heterocycles. The minimum Gasteiger partial charge on any atom is -0.389 e. The van der Waals surface area contributed by atoms with Crippen LogP contribution in [-0.2, 0) is 14.3 Å². The van der Waals surface area contributed by atoms with E-state index in [0.717, 1.165) is 0 Å². The number of amides is 2. The van der Waals surface area contributed by atoms with Crippen molar-refractivity contribution in [1.29, 1.82) is 0 Å². The monoisotopic (exact) mass is 286 g/mol. The largest absolute Gasteiger partial charge is 0.389 e. The standard InChI is InChI=1S/C14H26N2O4/c1-3-13(18)16-7-5-11(6-8-16)14(19)15-9-12(17)10-20-4-2/h11-12,17H,3-10H2,1-2H3,(H,15,19). The summed E-state index contributed by atoms with van der Waals surface area (Å²) in [6.45, 7) is 6.00. The average Bonchev–Trinajstić information content (AvgIpc) is 2.49. The van der Waals surface area contributed by atoms with Gasteiger partial charge in [0.25, 0.3) is 0 Å². The van der Waals surface area contributed by atoms with Crippen LogP contribution in [0.25, 0.3) is 0 Å². The van der Waals surface area contributed by atoms with Gasteiger partial charge in [-0.3, -0.25) is 9.59 Å². The van der Waals surface area contributed by atoms with Crippen molar-refractivity contribution < 1.29 is 19.4 Å². The summed E-state index contributed by atoms with van der Waals surface area (Å²) in [5, 5.41) is 12.3. The number of ether oxygens (including phenoxy) is 1. The minimum absolute atomic E-state index is 0.0378. The number of rotatable bonds is 7. The fraction of sp³-hybridized carbons (Fsp3) is 0.857. The first-order chi connectivity index (χ1) is 9.58. The van der Waals surface area contributed by atoms with Crippen LogP contribution in [-0.4, -0.2) is 60.8 Å². The van der Waals surface area contributed by atoms with E-state index in [9.17, 15) is 14.7 Å². The van der Waals surface area contributed by atoms with Crippen LogP contribution in [0.4, 0.5) is 0 Å². The number of carbonyl (C=O) groups is 2. The predicted octanol–water partition coefficient (Wildman–Crippen LogP) is 0.149. The Kier molecular flexibility index (Phi) is 7.54. The van der Waals surface area contributed by atoms with Crippen molar-refractivity contribution >= 4 is 11.8 Å². The third kappa shape index (κ3) is 5.46. The maximum atomic E-state index is 12.0. The molecule has 0 aromatic carbocycles. The Morgan fingerprint density at radius 3 is 2.55 bits per heavy atom. The number of aliphatic hydroxyl groups is 1. The molecule has 0 aromatic rings. The predicted molar refractivity (Wildman–Crippen MR) is 75.1 cm³/mol. The van der Waals surface area contributed by atoms with Gasteiger partial charge in [-0.2, -0.15) is 0 Å². The molecule has 0 saturated carbocycles. The summed E-state index contributed by atoms with van der Waals surface area (Å²) in [6.07, 6.45) is 1.24. The van der Waals surface area contributed by atoms with Crippen molar-refractivity contribution in [2.45, 2.75) is 39.2 Å². The Balaban J connectivity index is 2.24. The lowest BCUT2D eigenvalue weighted by atomic mass is 9.95. The lowest BCUT2D eigenvalue weighted by Crippen LogP contribution is -2.44. The lowest BCUT2D eigenvalue weighted by molar-refractivity contribution is -0.135. The lowest BCUT2D eigenvalue weighted by Gasteiger charge is -2.31. The molecule has 116 valence electrons. The quantitative estimate of drug-likeness (QED) is 0.698. The van der Waals surface area contributed by atoms with E-state index >= 15 is 0 Å². The zero-order valence-corrected chi connectivity index (χ0v) is 12.4. The molecular weight excluding hydrogens is 260 g/mol. The Morgan fingerprint density at radius 2 is 2.00 bits per heavy atom. The Bertz CT molecular complexity index is 314. The third-order valence-corrected chi connectivity index (χ3v) is 3.55. The van der Waals surface area contributed by atoms with Crippen molar-refractivity contribution in [3.05, 3.63) is 0 Å². The zero-order chi connectivity index (χ0) is 15.0. The molecular formula is C14H26N2O4. The van der Waals surface area contributed by atoms with Crippen LogP contribution in [0.1, 0.15) is 33.1 Å². The summed E-state index contributed by atoms with van der Waals surface area (Å²) in [6, 6.07) is 0. The highest BCUT2D eigenvalue weighted by Crippen LogP contribution is 2.17. The number of nitrogens with zero attached hydrogens (tertiary/aromatic N) is 1. The van der Waals surface area contributed by atoms with Crippen LogP contribution in [0.2, 0.25) is 0 Å². The minimum atomic E-state index is -0.666. The molecule has 1 rings (SSSR count). The number of hydrogen-bond acceptors (Lipinski definition) is 4. The summed E-state index contributed by atoms with van der Waals surface area (Å²) >= 11 is 0. The highest BCUT2D eigenvalue weighted by Gasteiger charge is 2.26. The molecule has 1 unspecified atom stereocenters. The van der Waals surface area contributed by atoms with Gasteiger partial charge in [-0.1, -0.05) is 6.92 Å². The third-order valence-electron chi connectivity index (χ3n) is 3.55. The summed E-state index contributed by atoms with van der Waals surface area (Å²) in [5.41, 5.74) is 0. The molecule has 2 N–H and O–H groups in total. The number of piperidine rings is 1. The number of likely N-dealkylation sites (tertiary alicyclic amines) is 1. The van der Waals surface area contributed by atoms with Crippen molar-refractivity contribution in [3.8, 4) is 0 Å². The van der Waals surface area contributed by atoms with E-state index in [0.29, 0.717) is 39.0 Å². The van der Waals surface area contributed by atoms with Crippen LogP contribution >= 0.6 is 0 Å². The highest BCUT2D eigenvalue weighted by atomic mass is 16.5. The fourth-order valence-electron chi connectivity index (χ4n) is 2.29. The number of aliphatic hydroxyl groups excluding tert-OH is 1. The Labute approximate surface area is 120 Å². The zero-order valence-electron chi connectivity index (χ0n) is 12.4. The van der Waals surface area contributed by atoms with E-state index < -0.39 is 6.10 Å². The maximum Gasteiger partial charge on any atom is 0.223 e. The van der Waals surface area contributed by atoms with Gasteiger partial charge in [0.2, 0.25) is 11.8 Å². The molecule has 0 spiro atoms. The summed E-state index contributed by atoms with van der Waals surface area (Å²) < 4.78 is 5.08. The highest BCUT2D eigenvalue weighted by molar-refractivity contribution is 5.80. The van der Waals surface area contributed by atoms with Gasteiger partial charge in [0, 0.05) is 38.6 Å². The summed E-state index contributed by atoms with van der Waals surface area (Å²) in [7, 11) is 0. The second kappa shape index (κ2) is 8.92. The van der Waals surface area contributed by atoms with Gasteiger partial charge in [-0.05, 0) is 19.8 Å². The van der Waals surface area contributed by atoms with E-state index in [1.165, 1.54) is 0 Å². The average molecular weight is 286 g/mol. The molecule has 1 saturated heterocycles. The van der Waals surface area contributed by atoms with E-state index in [2.05, 4.69) is 5.32 Å². The number of hydrogen-bond donors (Lipinski definition) is 2. The second-order valence-electron chi connectivity index (χ2n) is 5.07. The van der Waals surface area contributed by atoms with Crippen LogP contribution < -0.4 is 5.32 Å². The second-order valence-corrected chi connectivity index (χ2v) is 5.07. The van der Waals surface area contributed by atoms with Gasteiger partial charge in [-0.15, -0.1) is 0 Å². The van der Waals surface area contributed by atoms with Gasteiger partial charge in [0.1, 0.15) is 0 Å². The molecule has 1 fully saturated rings. The van der Waals surface area contributed by atoms with Crippen LogP contribution in [0.5, 0.6) is 0 Å². The SMILES string of the molecule is CCOCC(O)CNC(=O)C1CCN(C(=O)CC)CC1. The van der Waals surface area contributed by atoms with Gasteiger partial charge in [0.05, 0.1) is 12.7 Å². The van der Waals surface area contributed by atoms with Crippen LogP contribution in [0.3, 0.4) is 0 Å². The topological polar surface area (TPSA) is 78.9 Å². The molecule has 1 atom stereocenters. The van der Waals surface area contributed by atoms with Gasteiger partial charge in [0.15, 0.2) is 0 Å². The van der Waals surface area contributed by atoms with Crippen molar-refractivity contribution in [3.63, 3.8) is 0 Å². The molecule has 0 radical (unpaired) electrons. The van der Waals surface area contributed by atoms with Gasteiger partial charge < -0.3 is 20.1 Å². The van der Waals surface area contributed by atoms with Gasteiger partial charge >= 0.3 is 0 Å². The normalized spacial score (nSPS) is 17.9. The van der Waals surface area contributed by atoms with E-state index in [-0.39, 0.29) is 30.9 Å². The smallest absolute Gasteiger partial charge is 0.223 e. The summed E-state index contributed by atoms with van der Waals surface area (Å²) in [5.74, 6) is 0.0512. The van der Waals surface area contributed by atoms with E-state index in [1.807, 2.05) is 18.7 Å². The van der Waals surface area contributed by atoms with Crippen molar-refractivity contribution in [1.82, 2.24) is 10.2 Å². The molecule has 2 amide bonds. The molecule has 0 bridgehead atoms. The molecule has 20 heavy (non-hydrogen) atoms. The fourth-order valence-corrected chi connectivity index (χ4v) is 2.29. The molecule has 6 nitrogen and oxygen atoms in total. The van der Waals surface area contributed by atoms with Crippen LogP contribution in [0.15, 0.2) is 0 Å². The van der Waals surface area contributed by atoms with Gasteiger partial charge in [-0.25, -0.2) is 0 Å².